The molecule has 1 fully saturated rings. The molecule has 1 aliphatic heterocycles. The van der Waals surface area contributed by atoms with Crippen LogP contribution in [0, 0.1) is 11.6 Å². The first-order valence-corrected chi connectivity index (χ1v) is 5.10. The van der Waals surface area contributed by atoms with E-state index in [0.717, 1.165) is 6.07 Å². The SMILES string of the molecule is O[C@@H]1COC[C@H]1NCc1ccc(F)cc1F. The molecule has 0 unspecified atom stereocenters. The molecule has 16 heavy (non-hydrogen) atoms. The lowest BCUT2D eigenvalue weighted by Crippen LogP contribution is -2.38. The van der Waals surface area contributed by atoms with E-state index >= 15 is 0 Å². The molecule has 0 aliphatic carbocycles. The van der Waals surface area contributed by atoms with Crippen molar-refractivity contribution in [3.05, 3.63) is 35.4 Å². The molecule has 0 spiro atoms. The van der Waals surface area contributed by atoms with E-state index in [9.17, 15) is 13.9 Å². The van der Waals surface area contributed by atoms with Gasteiger partial charge >= 0.3 is 0 Å². The summed E-state index contributed by atoms with van der Waals surface area (Å²) < 4.78 is 30.9. The largest absolute Gasteiger partial charge is 0.389 e. The van der Waals surface area contributed by atoms with Gasteiger partial charge < -0.3 is 15.2 Å². The van der Waals surface area contributed by atoms with Crippen molar-refractivity contribution < 1.29 is 18.6 Å². The summed E-state index contributed by atoms with van der Waals surface area (Å²) >= 11 is 0. The monoisotopic (exact) mass is 229 g/mol. The number of aliphatic hydroxyl groups is 1. The molecule has 2 rings (SSSR count). The van der Waals surface area contributed by atoms with E-state index in [0.29, 0.717) is 18.8 Å². The third-order valence-electron chi connectivity index (χ3n) is 2.62. The van der Waals surface area contributed by atoms with Crippen LogP contribution >= 0.6 is 0 Å². The molecular formula is C11H13F2NO2. The van der Waals surface area contributed by atoms with Gasteiger partial charge in [-0.15, -0.1) is 0 Å². The number of halogens is 2. The van der Waals surface area contributed by atoms with Gasteiger partial charge in [0, 0.05) is 18.2 Å². The minimum atomic E-state index is -0.592. The van der Waals surface area contributed by atoms with Crippen LogP contribution in [0.5, 0.6) is 0 Å². The van der Waals surface area contributed by atoms with Crippen molar-refractivity contribution in [1.29, 1.82) is 0 Å². The van der Waals surface area contributed by atoms with Gasteiger partial charge in [0.25, 0.3) is 0 Å². The number of ether oxygens (including phenoxy) is 1. The van der Waals surface area contributed by atoms with Crippen LogP contribution in [0.3, 0.4) is 0 Å². The Bertz CT molecular complexity index is 373. The Morgan fingerprint density at radius 3 is 2.81 bits per heavy atom. The molecule has 1 saturated heterocycles. The van der Waals surface area contributed by atoms with Gasteiger partial charge in [-0.25, -0.2) is 8.78 Å². The molecule has 2 N–H and O–H groups in total. The average Bonchev–Trinajstić information content (AvgIpc) is 2.63. The Morgan fingerprint density at radius 1 is 1.38 bits per heavy atom. The minimum absolute atomic E-state index is 0.190. The summed E-state index contributed by atoms with van der Waals surface area (Å²) in [5.41, 5.74) is 0.375. The molecule has 0 bridgehead atoms. The third kappa shape index (κ3) is 2.55. The van der Waals surface area contributed by atoms with Crippen molar-refractivity contribution in [3.8, 4) is 0 Å². The van der Waals surface area contributed by atoms with Gasteiger partial charge in [-0.3, -0.25) is 0 Å². The zero-order chi connectivity index (χ0) is 11.5. The fraction of sp³-hybridized carbons (Fsp3) is 0.455. The lowest BCUT2D eigenvalue weighted by Gasteiger charge is -2.14. The summed E-state index contributed by atoms with van der Waals surface area (Å²) in [5, 5.41) is 12.4. The van der Waals surface area contributed by atoms with Crippen LogP contribution in [-0.4, -0.2) is 30.5 Å². The van der Waals surface area contributed by atoms with E-state index in [1.165, 1.54) is 12.1 Å². The van der Waals surface area contributed by atoms with Crippen LogP contribution in [-0.2, 0) is 11.3 Å². The van der Waals surface area contributed by atoms with E-state index in [4.69, 9.17) is 4.74 Å². The normalized spacial score (nSPS) is 24.9. The minimum Gasteiger partial charge on any atom is -0.389 e. The summed E-state index contributed by atoms with van der Waals surface area (Å²) in [6, 6.07) is 3.25. The van der Waals surface area contributed by atoms with Crippen LogP contribution in [0.4, 0.5) is 8.78 Å². The molecule has 0 amide bonds. The topological polar surface area (TPSA) is 41.5 Å². The van der Waals surface area contributed by atoms with E-state index in [2.05, 4.69) is 5.32 Å². The predicted molar refractivity (Wildman–Crippen MR) is 53.8 cm³/mol. The van der Waals surface area contributed by atoms with Crippen LogP contribution < -0.4 is 5.32 Å². The van der Waals surface area contributed by atoms with E-state index in [-0.39, 0.29) is 12.6 Å². The number of aliphatic hydroxyl groups excluding tert-OH is 1. The maximum absolute atomic E-state index is 13.2. The smallest absolute Gasteiger partial charge is 0.130 e. The quantitative estimate of drug-likeness (QED) is 0.806. The fourth-order valence-electron chi connectivity index (χ4n) is 1.64. The first-order chi connectivity index (χ1) is 7.66. The highest BCUT2D eigenvalue weighted by molar-refractivity contribution is 5.18. The highest BCUT2D eigenvalue weighted by Gasteiger charge is 2.25. The first kappa shape index (κ1) is 11.4. The van der Waals surface area contributed by atoms with Crippen molar-refractivity contribution in [2.45, 2.75) is 18.7 Å². The highest BCUT2D eigenvalue weighted by atomic mass is 19.1. The van der Waals surface area contributed by atoms with E-state index < -0.39 is 17.7 Å². The molecule has 1 aliphatic rings. The highest BCUT2D eigenvalue weighted by Crippen LogP contribution is 2.11. The second-order valence-corrected chi connectivity index (χ2v) is 3.83. The summed E-state index contributed by atoms with van der Waals surface area (Å²) in [7, 11) is 0. The van der Waals surface area contributed by atoms with E-state index in [1.807, 2.05) is 0 Å². The summed E-state index contributed by atoms with van der Waals surface area (Å²) in [5.74, 6) is -1.17. The number of hydrogen-bond acceptors (Lipinski definition) is 3. The van der Waals surface area contributed by atoms with Crippen LogP contribution in [0.15, 0.2) is 18.2 Å². The van der Waals surface area contributed by atoms with Crippen molar-refractivity contribution >= 4 is 0 Å². The molecular weight excluding hydrogens is 216 g/mol. The molecule has 0 aromatic heterocycles. The van der Waals surface area contributed by atoms with Crippen LogP contribution in [0.1, 0.15) is 5.56 Å². The molecule has 0 radical (unpaired) electrons. The Kier molecular flexibility index (Phi) is 3.48. The predicted octanol–water partition coefficient (Wildman–Crippen LogP) is 0.814. The van der Waals surface area contributed by atoms with Gasteiger partial charge in [-0.2, -0.15) is 0 Å². The first-order valence-electron chi connectivity index (χ1n) is 5.10. The molecule has 3 nitrogen and oxygen atoms in total. The number of nitrogens with one attached hydrogen (secondary N) is 1. The van der Waals surface area contributed by atoms with Gasteiger partial charge in [0.1, 0.15) is 11.6 Å². The summed E-state index contributed by atoms with van der Waals surface area (Å²) in [6.07, 6.45) is -0.566. The van der Waals surface area contributed by atoms with Crippen molar-refractivity contribution in [1.82, 2.24) is 5.32 Å². The molecule has 1 aromatic carbocycles. The van der Waals surface area contributed by atoms with Gasteiger partial charge in [0.2, 0.25) is 0 Å². The number of hydrogen-bond donors (Lipinski definition) is 2. The van der Waals surface area contributed by atoms with Crippen molar-refractivity contribution in [2.24, 2.45) is 0 Å². The van der Waals surface area contributed by atoms with Crippen LogP contribution in [0.25, 0.3) is 0 Å². The molecule has 0 saturated carbocycles. The Morgan fingerprint density at radius 2 is 2.19 bits per heavy atom. The van der Waals surface area contributed by atoms with Crippen molar-refractivity contribution in [3.63, 3.8) is 0 Å². The summed E-state index contributed by atoms with van der Waals surface area (Å²) in [4.78, 5) is 0. The summed E-state index contributed by atoms with van der Waals surface area (Å²) in [6.45, 7) is 0.949. The zero-order valence-electron chi connectivity index (χ0n) is 8.62. The second kappa shape index (κ2) is 4.86. The van der Waals surface area contributed by atoms with Crippen molar-refractivity contribution in [2.75, 3.05) is 13.2 Å². The number of benzene rings is 1. The fourth-order valence-corrected chi connectivity index (χ4v) is 1.64. The Labute approximate surface area is 92.0 Å². The lowest BCUT2D eigenvalue weighted by molar-refractivity contribution is 0.122. The van der Waals surface area contributed by atoms with Crippen LogP contribution in [0.2, 0.25) is 0 Å². The standard InChI is InChI=1S/C11H13F2NO2/c12-8-2-1-7(9(13)3-8)4-14-10-5-16-6-11(10)15/h1-3,10-11,14-15H,4-6H2/t10-,11-/m1/s1. The lowest BCUT2D eigenvalue weighted by atomic mass is 10.1. The molecule has 5 heteroatoms. The maximum atomic E-state index is 13.2. The zero-order valence-corrected chi connectivity index (χ0v) is 8.62. The Hall–Kier alpha value is -1.04. The second-order valence-electron chi connectivity index (χ2n) is 3.83. The molecule has 1 heterocycles. The van der Waals surface area contributed by atoms with Gasteiger partial charge in [-0.1, -0.05) is 6.07 Å². The van der Waals surface area contributed by atoms with E-state index in [1.54, 1.807) is 0 Å². The third-order valence-corrected chi connectivity index (χ3v) is 2.62. The van der Waals surface area contributed by atoms with Gasteiger partial charge in [0.05, 0.1) is 25.4 Å². The van der Waals surface area contributed by atoms with Gasteiger partial charge in [-0.05, 0) is 6.07 Å². The molecule has 2 atom stereocenters. The van der Waals surface area contributed by atoms with Gasteiger partial charge in [0.15, 0.2) is 0 Å². The maximum Gasteiger partial charge on any atom is 0.130 e. The number of rotatable bonds is 3. The molecule has 1 aromatic rings. The average molecular weight is 229 g/mol. The Balaban J connectivity index is 1.94. The molecule has 88 valence electrons.